The number of amides is 1. The Kier molecular flexibility index (Phi) is 5.94. The first kappa shape index (κ1) is 16.8. The van der Waals surface area contributed by atoms with Gasteiger partial charge in [-0.3, -0.25) is 4.79 Å². The van der Waals surface area contributed by atoms with E-state index in [0.717, 1.165) is 29.5 Å². The van der Waals surface area contributed by atoms with Crippen LogP contribution in [0.4, 0.5) is 0 Å². The van der Waals surface area contributed by atoms with E-state index >= 15 is 0 Å². The van der Waals surface area contributed by atoms with Gasteiger partial charge in [0.25, 0.3) is 0 Å². The van der Waals surface area contributed by atoms with Crippen LogP contribution in [0.1, 0.15) is 37.3 Å². The second-order valence-electron chi connectivity index (χ2n) is 5.71. The summed E-state index contributed by atoms with van der Waals surface area (Å²) in [5.74, 6) is 0.186. The van der Waals surface area contributed by atoms with Gasteiger partial charge in [0, 0.05) is 20.0 Å². The second-order valence-corrected chi connectivity index (χ2v) is 5.71. The van der Waals surface area contributed by atoms with Crippen LogP contribution in [0.5, 0.6) is 0 Å². The summed E-state index contributed by atoms with van der Waals surface area (Å²) in [6.45, 7) is 2.70. The van der Waals surface area contributed by atoms with E-state index < -0.39 is 0 Å². The predicted molar refractivity (Wildman–Crippen MR) is 92.6 cm³/mol. The van der Waals surface area contributed by atoms with Crippen molar-refractivity contribution in [3.8, 4) is 17.2 Å². The lowest BCUT2D eigenvalue weighted by Crippen LogP contribution is -2.25. The van der Waals surface area contributed by atoms with E-state index in [4.69, 9.17) is 0 Å². The molecule has 1 amide bonds. The first-order valence-corrected chi connectivity index (χ1v) is 7.98. The molecular formula is C20H22N2O. The summed E-state index contributed by atoms with van der Waals surface area (Å²) in [5.41, 5.74) is 3.72. The summed E-state index contributed by atoms with van der Waals surface area (Å²) in [6, 6.07) is 17.9. The van der Waals surface area contributed by atoms with E-state index in [0.29, 0.717) is 18.5 Å². The van der Waals surface area contributed by atoms with Crippen molar-refractivity contribution in [2.45, 2.75) is 32.7 Å². The maximum absolute atomic E-state index is 12.0. The van der Waals surface area contributed by atoms with Crippen molar-refractivity contribution in [1.82, 2.24) is 4.90 Å². The molecular weight excluding hydrogens is 284 g/mol. The monoisotopic (exact) mass is 306 g/mol. The molecule has 3 nitrogen and oxygen atoms in total. The number of carbonyl (C=O) groups excluding carboxylic acids is 1. The zero-order valence-electron chi connectivity index (χ0n) is 13.7. The van der Waals surface area contributed by atoms with E-state index in [1.54, 1.807) is 4.90 Å². The number of benzene rings is 2. The molecule has 0 aliphatic carbocycles. The Morgan fingerprint density at radius 2 is 1.83 bits per heavy atom. The molecule has 2 rings (SSSR count). The topological polar surface area (TPSA) is 44.1 Å². The van der Waals surface area contributed by atoms with Crippen molar-refractivity contribution in [2.75, 3.05) is 7.05 Å². The fraction of sp³-hybridized carbons (Fsp3) is 0.300. The Bertz CT molecular complexity index is 698. The highest BCUT2D eigenvalue weighted by molar-refractivity contribution is 5.76. The minimum atomic E-state index is 0.186. The van der Waals surface area contributed by atoms with Crippen molar-refractivity contribution in [1.29, 1.82) is 5.26 Å². The fourth-order valence-electron chi connectivity index (χ4n) is 2.50. The number of nitrogens with zero attached hydrogens (tertiary/aromatic N) is 2. The van der Waals surface area contributed by atoms with Gasteiger partial charge in [-0.25, -0.2) is 0 Å². The summed E-state index contributed by atoms with van der Waals surface area (Å²) >= 11 is 0. The van der Waals surface area contributed by atoms with Crippen LogP contribution in [0, 0.1) is 11.3 Å². The standard InChI is InChI=1S/C20H22N2O/c1-3-4-9-20(23)22(2)15-16-10-12-17(13-11-16)19-8-6-5-7-18(19)14-21/h5-8,10-13H,3-4,9,15H2,1-2H3. The smallest absolute Gasteiger partial charge is 0.222 e. The lowest BCUT2D eigenvalue weighted by atomic mass is 9.99. The van der Waals surface area contributed by atoms with Crippen molar-refractivity contribution in [3.05, 3.63) is 59.7 Å². The molecule has 0 radical (unpaired) electrons. The molecule has 118 valence electrons. The summed E-state index contributed by atoms with van der Waals surface area (Å²) in [7, 11) is 1.84. The summed E-state index contributed by atoms with van der Waals surface area (Å²) in [4.78, 5) is 13.7. The highest BCUT2D eigenvalue weighted by Gasteiger charge is 2.09. The molecule has 0 bridgehead atoms. The van der Waals surface area contributed by atoms with E-state index in [9.17, 15) is 10.1 Å². The number of rotatable bonds is 6. The van der Waals surface area contributed by atoms with Gasteiger partial charge in [0.05, 0.1) is 11.6 Å². The Balaban J connectivity index is 2.08. The Morgan fingerprint density at radius 3 is 2.48 bits per heavy atom. The zero-order valence-corrected chi connectivity index (χ0v) is 13.7. The Labute approximate surface area is 138 Å². The van der Waals surface area contributed by atoms with Crippen molar-refractivity contribution < 1.29 is 4.79 Å². The maximum Gasteiger partial charge on any atom is 0.222 e. The van der Waals surface area contributed by atoms with E-state index in [1.165, 1.54) is 0 Å². The van der Waals surface area contributed by atoms with Crippen LogP contribution in [-0.2, 0) is 11.3 Å². The summed E-state index contributed by atoms with van der Waals surface area (Å²) in [6.07, 6.45) is 2.58. The molecule has 0 aliphatic heterocycles. The zero-order chi connectivity index (χ0) is 16.7. The van der Waals surface area contributed by atoms with Crippen LogP contribution in [0.3, 0.4) is 0 Å². The van der Waals surface area contributed by atoms with Crippen molar-refractivity contribution in [3.63, 3.8) is 0 Å². The van der Waals surface area contributed by atoms with Gasteiger partial charge in [-0.15, -0.1) is 0 Å². The number of hydrogen-bond acceptors (Lipinski definition) is 2. The third kappa shape index (κ3) is 4.43. The second kappa shape index (κ2) is 8.14. The van der Waals surface area contributed by atoms with E-state index in [1.807, 2.05) is 55.6 Å². The molecule has 0 fully saturated rings. The van der Waals surface area contributed by atoms with Gasteiger partial charge >= 0.3 is 0 Å². The van der Waals surface area contributed by atoms with E-state index in [-0.39, 0.29) is 5.91 Å². The molecule has 0 atom stereocenters. The van der Waals surface area contributed by atoms with E-state index in [2.05, 4.69) is 13.0 Å². The molecule has 0 spiro atoms. The normalized spacial score (nSPS) is 10.1. The average Bonchev–Trinajstić information content (AvgIpc) is 2.60. The molecule has 0 saturated heterocycles. The minimum absolute atomic E-state index is 0.186. The molecule has 0 aromatic heterocycles. The lowest BCUT2D eigenvalue weighted by molar-refractivity contribution is -0.130. The number of carbonyl (C=O) groups is 1. The highest BCUT2D eigenvalue weighted by atomic mass is 16.2. The maximum atomic E-state index is 12.0. The van der Waals surface area contributed by atoms with Gasteiger partial charge in [0.1, 0.15) is 0 Å². The van der Waals surface area contributed by atoms with Crippen LogP contribution >= 0.6 is 0 Å². The van der Waals surface area contributed by atoms with Crippen molar-refractivity contribution in [2.24, 2.45) is 0 Å². The van der Waals surface area contributed by atoms with Crippen LogP contribution < -0.4 is 0 Å². The molecule has 2 aromatic rings. The number of hydrogen-bond donors (Lipinski definition) is 0. The van der Waals surface area contributed by atoms with Gasteiger partial charge in [0.15, 0.2) is 0 Å². The Hall–Kier alpha value is -2.60. The van der Waals surface area contributed by atoms with Gasteiger partial charge in [-0.1, -0.05) is 55.8 Å². The minimum Gasteiger partial charge on any atom is -0.341 e. The quantitative estimate of drug-likeness (QED) is 0.795. The van der Waals surface area contributed by atoms with Crippen LogP contribution in [0.15, 0.2) is 48.5 Å². The van der Waals surface area contributed by atoms with Crippen LogP contribution in [-0.4, -0.2) is 17.9 Å². The first-order chi connectivity index (χ1) is 11.2. The Morgan fingerprint density at radius 1 is 1.13 bits per heavy atom. The molecule has 0 N–H and O–H groups in total. The van der Waals surface area contributed by atoms with Gasteiger partial charge in [0.2, 0.25) is 5.91 Å². The molecule has 0 saturated carbocycles. The molecule has 0 heterocycles. The molecule has 3 heteroatoms. The fourth-order valence-corrected chi connectivity index (χ4v) is 2.50. The lowest BCUT2D eigenvalue weighted by Gasteiger charge is -2.17. The van der Waals surface area contributed by atoms with Gasteiger partial charge < -0.3 is 4.90 Å². The molecule has 23 heavy (non-hydrogen) atoms. The van der Waals surface area contributed by atoms with Crippen LogP contribution in [0.2, 0.25) is 0 Å². The molecule has 0 aliphatic rings. The highest BCUT2D eigenvalue weighted by Crippen LogP contribution is 2.23. The van der Waals surface area contributed by atoms with Crippen molar-refractivity contribution >= 4 is 5.91 Å². The van der Waals surface area contributed by atoms with Gasteiger partial charge in [-0.05, 0) is 29.2 Å². The largest absolute Gasteiger partial charge is 0.341 e. The number of nitriles is 1. The SMILES string of the molecule is CCCCC(=O)N(C)Cc1ccc(-c2ccccc2C#N)cc1. The summed E-state index contributed by atoms with van der Waals surface area (Å²) < 4.78 is 0. The number of unbranched alkanes of at least 4 members (excludes halogenated alkanes) is 1. The third-order valence-corrected chi connectivity index (χ3v) is 3.90. The molecule has 2 aromatic carbocycles. The van der Waals surface area contributed by atoms with Gasteiger partial charge in [-0.2, -0.15) is 5.26 Å². The first-order valence-electron chi connectivity index (χ1n) is 7.98. The van der Waals surface area contributed by atoms with Crippen LogP contribution in [0.25, 0.3) is 11.1 Å². The third-order valence-electron chi connectivity index (χ3n) is 3.90. The molecule has 0 unspecified atom stereocenters. The predicted octanol–water partition coefficient (Wildman–Crippen LogP) is 4.37. The average molecular weight is 306 g/mol. The summed E-state index contributed by atoms with van der Waals surface area (Å²) in [5, 5.41) is 9.19.